The van der Waals surface area contributed by atoms with E-state index < -0.39 is 0 Å². The topological polar surface area (TPSA) is 26.0 Å². The lowest BCUT2D eigenvalue weighted by atomic mass is 10.1. The van der Waals surface area contributed by atoms with Gasteiger partial charge in [0.2, 0.25) is 0 Å². The highest BCUT2D eigenvalue weighted by Gasteiger charge is 1.97. The maximum Gasteiger partial charge on any atom is 0.0223 e. The van der Waals surface area contributed by atoms with Gasteiger partial charge in [-0.15, -0.1) is 0 Å². The lowest BCUT2D eigenvalue weighted by Gasteiger charge is -2.06. The van der Waals surface area contributed by atoms with Crippen molar-refractivity contribution in [2.24, 2.45) is 5.73 Å². The Bertz CT molecular complexity index is 186. The lowest BCUT2D eigenvalue weighted by Crippen LogP contribution is -2.16. The van der Waals surface area contributed by atoms with Crippen LogP contribution in [0, 0.1) is 0 Å². The Morgan fingerprint density at radius 1 is 0.737 bits per heavy atom. The van der Waals surface area contributed by atoms with Crippen molar-refractivity contribution in [1.82, 2.24) is 0 Å². The largest absolute Gasteiger partial charge is 0.324 e. The van der Waals surface area contributed by atoms with Gasteiger partial charge in [-0.1, -0.05) is 90.2 Å². The fourth-order valence-corrected chi connectivity index (χ4v) is 2.39. The molecular formula is C18H37N. The predicted molar refractivity (Wildman–Crippen MR) is 88.5 cm³/mol. The molecule has 0 fully saturated rings. The zero-order valence-electron chi connectivity index (χ0n) is 13.5. The Morgan fingerprint density at radius 2 is 1.26 bits per heavy atom. The highest BCUT2D eigenvalue weighted by molar-refractivity contribution is 4.91. The van der Waals surface area contributed by atoms with E-state index in [1.807, 2.05) is 0 Å². The zero-order chi connectivity index (χ0) is 14.2. The van der Waals surface area contributed by atoms with E-state index in [2.05, 4.69) is 26.0 Å². The maximum atomic E-state index is 6.08. The smallest absolute Gasteiger partial charge is 0.0223 e. The molecule has 0 amide bonds. The normalized spacial score (nSPS) is 13.2. The highest BCUT2D eigenvalue weighted by atomic mass is 14.6. The van der Waals surface area contributed by atoms with Crippen LogP contribution in [0.3, 0.4) is 0 Å². The van der Waals surface area contributed by atoms with Gasteiger partial charge in [-0.05, 0) is 19.3 Å². The van der Waals surface area contributed by atoms with Crippen molar-refractivity contribution in [3.63, 3.8) is 0 Å². The van der Waals surface area contributed by atoms with Crippen molar-refractivity contribution in [2.75, 3.05) is 0 Å². The van der Waals surface area contributed by atoms with E-state index in [-0.39, 0.29) is 0 Å². The van der Waals surface area contributed by atoms with Gasteiger partial charge in [0.25, 0.3) is 0 Å². The van der Waals surface area contributed by atoms with Crippen LogP contribution in [0.15, 0.2) is 12.2 Å². The van der Waals surface area contributed by atoms with Gasteiger partial charge < -0.3 is 5.73 Å². The molecule has 0 aliphatic rings. The molecule has 0 rings (SSSR count). The van der Waals surface area contributed by atoms with Crippen LogP contribution in [0.2, 0.25) is 0 Å². The van der Waals surface area contributed by atoms with E-state index in [0.29, 0.717) is 6.04 Å². The minimum Gasteiger partial charge on any atom is -0.324 e. The van der Waals surface area contributed by atoms with Crippen LogP contribution >= 0.6 is 0 Å². The summed E-state index contributed by atoms with van der Waals surface area (Å²) in [6.45, 7) is 4.53. The molecule has 1 unspecified atom stereocenters. The molecule has 2 N–H and O–H groups in total. The Kier molecular flexibility index (Phi) is 15.5. The second-order valence-electron chi connectivity index (χ2n) is 5.85. The average Bonchev–Trinajstić information content (AvgIpc) is 2.41. The highest BCUT2D eigenvalue weighted by Crippen LogP contribution is 2.09. The molecule has 19 heavy (non-hydrogen) atoms. The molecule has 1 heteroatoms. The fourth-order valence-electron chi connectivity index (χ4n) is 2.39. The summed E-state index contributed by atoms with van der Waals surface area (Å²) in [5, 5.41) is 0. The van der Waals surface area contributed by atoms with E-state index in [0.717, 1.165) is 6.42 Å². The van der Waals surface area contributed by atoms with Crippen LogP contribution in [0.25, 0.3) is 0 Å². The van der Waals surface area contributed by atoms with Gasteiger partial charge in [0.15, 0.2) is 0 Å². The third-order valence-corrected chi connectivity index (χ3v) is 3.75. The standard InChI is InChI=1S/C18H37N/c1-3-5-7-9-10-11-13-15-17-18(19)16-14-12-8-6-4-2/h15,17-18H,3-14,16,19H2,1-2H3. The van der Waals surface area contributed by atoms with Gasteiger partial charge >= 0.3 is 0 Å². The summed E-state index contributed by atoms with van der Waals surface area (Å²) < 4.78 is 0. The Morgan fingerprint density at radius 3 is 1.89 bits per heavy atom. The third-order valence-electron chi connectivity index (χ3n) is 3.75. The maximum absolute atomic E-state index is 6.08. The van der Waals surface area contributed by atoms with Crippen molar-refractivity contribution >= 4 is 0 Å². The second kappa shape index (κ2) is 15.8. The van der Waals surface area contributed by atoms with E-state index >= 15 is 0 Å². The zero-order valence-corrected chi connectivity index (χ0v) is 13.5. The molecule has 0 radical (unpaired) electrons. The first-order valence-corrected chi connectivity index (χ1v) is 8.73. The SMILES string of the molecule is CCCCCCCCC=CC(N)CCCCCCC. The van der Waals surface area contributed by atoms with Gasteiger partial charge in [-0.2, -0.15) is 0 Å². The lowest BCUT2D eigenvalue weighted by molar-refractivity contribution is 0.581. The van der Waals surface area contributed by atoms with Crippen molar-refractivity contribution in [1.29, 1.82) is 0 Å². The quantitative estimate of drug-likeness (QED) is 0.304. The Labute approximate surface area is 122 Å². The second-order valence-corrected chi connectivity index (χ2v) is 5.85. The fraction of sp³-hybridized carbons (Fsp3) is 0.889. The molecule has 0 aromatic heterocycles. The first-order valence-electron chi connectivity index (χ1n) is 8.73. The monoisotopic (exact) mass is 267 g/mol. The molecule has 0 saturated carbocycles. The summed E-state index contributed by atoms with van der Waals surface area (Å²) in [5.41, 5.74) is 6.08. The number of hydrogen-bond donors (Lipinski definition) is 1. The molecule has 0 saturated heterocycles. The molecule has 0 aromatic carbocycles. The minimum atomic E-state index is 0.293. The average molecular weight is 268 g/mol. The van der Waals surface area contributed by atoms with Crippen molar-refractivity contribution in [3.05, 3.63) is 12.2 Å². The van der Waals surface area contributed by atoms with E-state index in [4.69, 9.17) is 5.73 Å². The van der Waals surface area contributed by atoms with Gasteiger partial charge in [-0.25, -0.2) is 0 Å². The molecule has 0 bridgehead atoms. The van der Waals surface area contributed by atoms with Crippen LogP contribution < -0.4 is 5.73 Å². The number of unbranched alkanes of at least 4 members (excludes halogenated alkanes) is 10. The van der Waals surface area contributed by atoms with Crippen LogP contribution in [0.4, 0.5) is 0 Å². The molecule has 0 aliphatic carbocycles. The summed E-state index contributed by atoms with van der Waals surface area (Å²) in [4.78, 5) is 0. The number of nitrogens with two attached hydrogens (primary N) is 1. The molecule has 0 aromatic rings. The molecule has 1 atom stereocenters. The molecule has 0 spiro atoms. The summed E-state index contributed by atoms with van der Waals surface area (Å²) in [6, 6.07) is 0.293. The Hall–Kier alpha value is -0.300. The summed E-state index contributed by atoms with van der Waals surface area (Å²) in [5.74, 6) is 0. The number of rotatable bonds is 14. The van der Waals surface area contributed by atoms with E-state index in [1.54, 1.807) is 0 Å². The number of allylic oxidation sites excluding steroid dienone is 1. The van der Waals surface area contributed by atoms with Gasteiger partial charge in [-0.3, -0.25) is 0 Å². The van der Waals surface area contributed by atoms with Crippen molar-refractivity contribution < 1.29 is 0 Å². The Balaban J connectivity index is 3.24. The first-order chi connectivity index (χ1) is 9.31. The molecule has 114 valence electrons. The van der Waals surface area contributed by atoms with Crippen molar-refractivity contribution in [2.45, 2.75) is 103 Å². The molecular weight excluding hydrogens is 230 g/mol. The van der Waals surface area contributed by atoms with Gasteiger partial charge in [0.1, 0.15) is 0 Å². The van der Waals surface area contributed by atoms with Crippen LogP contribution in [0.1, 0.15) is 97.3 Å². The summed E-state index contributed by atoms with van der Waals surface area (Å²) in [7, 11) is 0. The van der Waals surface area contributed by atoms with Crippen LogP contribution in [-0.4, -0.2) is 6.04 Å². The van der Waals surface area contributed by atoms with Gasteiger partial charge in [0.05, 0.1) is 0 Å². The summed E-state index contributed by atoms with van der Waals surface area (Å²) in [6.07, 6.45) is 21.9. The van der Waals surface area contributed by atoms with Crippen molar-refractivity contribution in [3.8, 4) is 0 Å². The van der Waals surface area contributed by atoms with Crippen LogP contribution in [-0.2, 0) is 0 Å². The van der Waals surface area contributed by atoms with Gasteiger partial charge in [0, 0.05) is 6.04 Å². The minimum absolute atomic E-state index is 0.293. The van der Waals surface area contributed by atoms with Crippen LogP contribution in [0.5, 0.6) is 0 Å². The molecule has 1 nitrogen and oxygen atoms in total. The molecule has 0 heterocycles. The van der Waals surface area contributed by atoms with E-state index in [1.165, 1.54) is 77.0 Å². The number of hydrogen-bond acceptors (Lipinski definition) is 1. The van der Waals surface area contributed by atoms with E-state index in [9.17, 15) is 0 Å². The third kappa shape index (κ3) is 15.6. The predicted octanol–water partition coefficient (Wildman–Crippen LogP) is 5.98. The molecule has 0 aliphatic heterocycles. The summed E-state index contributed by atoms with van der Waals surface area (Å²) >= 11 is 0. The first kappa shape index (κ1) is 18.7.